The van der Waals surface area contributed by atoms with Gasteiger partial charge in [0.25, 0.3) is 0 Å². The first-order valence-corrected chi connectivity index (χ1v) is 8.05. The molecule has 0 radical (unpaired) electrons. The summed E-state index contributed by atoms with van der Waals surface area (Å²) in [6.07, 6.45) is 0.305. The summed E-state index contributed by atoms with van der Waals surface area (Å²) in [7, 11) is -1.07. The molecule has 17 heavy (non-hydrogen) atoms. The van der Waals surface area contributed by atoms with Gasteiger partial charge < -0.3 is 10.4 Å². The molecule has 0 aliphatic carbocycles. The number of hydrogen-bond donors (Lipinski definition) is 2. The molecule has 0 spiro atoms. The van der Waals surface area contributed by atoms with Crippen molar-refractivity contribution in [3.63, 3.8) is 0 Å². The van der Waals surface area contributed by atoms with E-state index in [0.29, 0.717) is 12.0 Å². The van der Waals surface area contributed by atoms with E-state index in [1.165, 1.54) is 0 Å². The van der Waals surface area contributed by atoms with Crippen molar-refractivity contribution in [2.24, 2.45) is 5.92 Å². The highest BCUT2D eigenvalue weighted by Gasteiger charge is 2.41. The Labute approximate surface area is 103 Å². The minimum atomic E-state index is -3.04. The third-order valence-corrected chi connectivity index (χ3v) is 5.77. The lowest BCUT2D eigenvalue weighted by Gasteiger charge is -2.40. The molecule has 0 aromatic heterocycles. The lowest BCUT2D eigenvalue weighted by molar-refractivity contribution is 0.0466. The molecule has 2 aliphatic heterocycles. The molecule has 100 valence electrons. The largest absolute Gasteiger partial charge is 0.390 e. The topological polar surface area (TPSA) is 69.6 Å². The number of piperidine rings is 1. The van der Waals surface area contributed by atoms with E-state index in [1.807, 2.05) is 7.05 Å². The third-order valence-electron chi connectivity index (χ3n) is 4.07. The van der Waals surface area contributed by atoms with E-state index in [2.05, 4.69) is 17.1 Å². The lowest BCUT2D eigenvalue weighted by Crippen LogP contribution is -2.53. The predicted octanol–water partition coefficient (Wildman–Crippen LogP) is -0.926. The number of nitrogens with one attached hydrogen (secondary N) is 1. The second-order valence-corrected chi connectivity index (χ2v) is 7.52. The van der Waals surface area contributed by atoms with E-state index in [4.69, 9.17) is 0 Å². The molecule has 5 nitrogen and oxygen atoms in total. The number of rotatable bonds is 2. The molecule has 2 heterocycles. The van der Waals surface area contributed by atoms with Gasteiger partial charge in [-0.05, 0) is 19.4 Å². The van der Waals surface area contributed by atoms with Gasteiger partial charge in [-0.1, -0.05) is 6.92 Å². The van der Waals surface area contributed by atoms with E-state index in [1.54, 1.807) is 0 Å². The molecule has 0 bridgehead atoms. The van der Waals surface area contributed by atoms with Gasteiger partial charge in [-0.2, -0.15) is 0 Å². The Morgan fingerprint density at radius 3 is 2.53 bits per heavy atom. The normalized spacial score (nSPS) is 42.8. The molecule has 2 aliphatic rings. The fraction of sp³-hybridized carbons (Fsp3) is 1.00. The zero-order valence-electron chi connectivity index (χ0n) is 10.5. The highest BCUT2D eigenvalue weighted by Crippen LogP contribution is 2.24. The summed E-state index contributed by atoms with van der Waals surface area (Å²) in [4.78, 5) is 2.15. The van der Waals surface area contributed by atoms with Crippen LogP contribution in [0.2, 0.25) is 0 Å². The fourth-order valence-electron chi connectivity index (χ4n) is 3.07. The SMILES string of the molecule is CNC1CCN(C2CS(=O)(=O)CC2O)CC1C. The predicted molar refractivity (Wildman–Crippen MR) is 66.7 cm³/mol. The molecule has 0 aromatic carbocycles. The van der Waals surface area contributed by atoms with E-state index in [-0.39, 0.29) is 17.5 Å². The van der Waals surface area contributed by atoms with Crippen LogP contribution in [0.1, 0.15) is 13.3 Å². The molecule has 2 saturated heterocycles. The Balaban J connectivity index is 2.01. The van der Waals surface area contributed by atoms with Crippen LogP contribution in [0.3, 0.4) is 0 Å². The molecular weight excluding hydrogens is 240 g/mol. The summed E-state index contributed by atoms with van der Waals surface area (Å²) in [5.74, 6) is 0.535. The first-order chi connectivity index (χ1) is 7.93. The van der Waals surface area contributed by atoms with Crippen LogP contribution >= 0.6 is 0 Å². The van der Waals surface area contributed by atoms with Crippen molar-refractivity contribution in [2.45, 2.75) is 31.5 Å². The molecule has 2 rings (SSSR count). The number of hydrogen-bond acceptors (Lipinski definition) is 5. The zero-order chi connectivity index (χ0) is 12.6. The van der Waals surface area contributed by atoms with Crippen LogP contribution in [0.15, 0.2) is 0 Å². The van der Waals surface area contributed by atoms with Crippen LogP contribution < -0.4 is 5.32 Å². The Bertz CT molecular complexity index is 371. The number of sulfone groups is 1. The van der Waals surface area contributed by atoms with Gasteiger partial charge in [-0.15, -0.1) is 0 Å². The van der Waals surface area contributed by atoms with Gasteiger partial charge in [0.2, 0.25) is 0 Å². The van der Waals surface area contributed by atoms with Crippen molar-refractivity contribution in [1.29, 1.82) is 0 Å². The Morgan fingerprint density at radius 1 is 1.35 bits per heavy atom. The summed E-state index contributed by atoms with van der Waals surface area (Å²) in [6, 6.07) is 0.307. The molecular formula is C11H22N2O3S. The van der Waals surface area contributed by atoms with Gasteiger partial charge in [0.15, 0.2) is 9.84 Å². The first-order valence-electron chi connectivity index (χ1n) is 6.23. The molecule has 0 amide bonds. The van der Waals surface area contributed by atoms with E-state index in [0.717, 1.165) is 19.5 Å². The van der Waals surface area contributed by atoms with E-state index in [9.17, 15) is 13.5 Å². The molecule has 0 saturated carbocycles. The van der Waals surface area contributed by atoms with Gasteiger partial charge in [-0.25, -0.2) is 8.42 Å². The summed E-state index contributed by atoms with van der Waals surface area (Å²) in [6.45, 7) is 3.90. The summed E-state index contributed by atoms with van der Waals surface area (Å²) >= 11 is 0. The number of nitrogens with zero attached hydrogens (tertiary/aromatic N) is 1. The van der Waals surface area contributed by atoms with Crippen LogP contribution in [0.5, 0.6) is 0 Å². The Morgan fingerprint density at radius 2 is 2.06 bits per heavy atom. The average molecular weight is 262 g/mol. The van der Waals surface area contributed by atoms with Gasteiger partial charge in [-0.3, -0.25) is 4.90 Å². The maximum Gasteiger partial charge on any atom is 0.154 e. The standard InChI is InChI=1S/C11H22N2O3S/c1-8-5-13(4-3-9(8)12-2)10-6-17(15,16)7-11(10)14/h8-12,14H,3-7H2,1-2H3. The van der Waals surface area contributed by atoms with Crippen molar-refractivity contribution in [3.05, 3.63) is 0 Å². The molecule has 2 N–H and O–H groups in total. The maximum absolute atomic E-state index is 11.5. The van der Waals surface area contributed by atoms with Crippen molar-refractivity contribution >= 4 is 9.84 Å². The van der Waals surface area contributed by atoms with Crippen LogP contribution in [0.25, 0.3) is 0 Å². The van der Waals surface area contributed by atoms with Gasteiger partial charge in [0, 0.05) is 19.1 Å². The fourth-order valence-corrected chi connectivity index (χ4v) is 4.90. The summed E-state index contributed by atoms with van der Waals surface area (Å²) in [5.41, 5.74) is 0. The minimum absolute atomic E-state index is 0.0714. The van der Waals surface area contributed by atoms with Crippen LogP contribution in [0, 0.1) is 5.92 Å². The van der Waals surface area contributed by atoms with E-state index < -0.39 is 15.9 Å². The summed E-state index contributed by atoms with van der Waals surface area (Å²) < 4.78 is 23.0. The van der Waals surface area contributed by atoms with Crippen molar-refractivity contribution < 1.29 is 13.5 Å². The smallest absolute Gasteiger partial charge is 0.154 e. The molecule has 0 aromatic rings. The van der Waals surface area contributed by atoms with Crippen molar-refractivity contribution in [1.82, 2.24) is 10.2 Å². The van der Waals surface area contributed by atoms with Crippen molar-refractivity contribution in [3.8, 4) is 0 Å². The summed E-state index contributed by atoms with van der Waals surface area (Å²) in [5, 5.41) is 13.1. The van der Waals surface area contributed by atoms with Gasteiger partial charge >= 0.3 is 0 Å². The molecule has 4 atom stereocenters. The van der Waals surface area contributed by atoms with Crippen LogP contribution in [-0.4, -0.2) is 68.3 Å². The number of likely N-dealkylation sites (tertiary alicyclic amines) is 1. The molecule has 6 heteroatoms. The average Bonchev–Trinajstić information content (AvgIpc) is 2.52. The molecule has 2 fully saturated rings. The highest BCUT2D eigenvalue weighted by molar-refractivity contribution is 7.91. The Hall–Kier alpha value is -0.170. The monoisotopic (exact) mass is 262 g/mol. The number of aliphatic hydroxyl groups excluding tert-OH is 1. The quantitative estimate of drug-likeness (QED) is 0.673. The van der Waals surface area contributed by atoms with Crippen LogP contribution in [0.4, 0.5) is 0 Å². The highest BCUT2D eigenvalue weighted by atomic mass is 32.2. The maximum atomic E-state index is 11.5. The lowest BCUT2D eigenvalue weighted by atomic mass is 9.92. The second-order valence-electron chi connectivity index (χ2n) is 5.37. The zero-order valence-corrected chi connectivity index (χ0v) is 11.3. The second kappa shape index (κ2) is 4.84. The minimum Gasteiger partial charge on any atom is -0.390 e. The van der Waals surface area contributed by atoms with Gasteiger partial charge in [0.1, 0.15) is 0 Å². The van der Waals surface area contributed by atoms with Gasteiger partial charge in [0.05, 0.1) is 23.7 Å². The molecule has 4 unspecified atom stereocenters. The Kier molecular flexibility index (Phi) is 3.77. The first kappa shape index (κ1) is 13.3. The van der Waals surface area contributed by atoms with Crippen LogP contribution in [-0.2, 0) is 9.84 Å². The number of aliphatic hydroxyl groups is 1. The van der Waals surface area contributed by atoms with Crippen molar-refractivity contribution in [2.75, 3.05) is 31.6 Å². The third kappa shape index (κ3) is 2.81. The van der Waals surface area contributed by atoms with E-state index >= 15 is 0 Å².